The second-order valence-electron chi connectivity index (χ2n) is 22.5. The lowest BCUT2D eigenvalue weighted by atomic mass is 9.93. The molecule has 0 N–H and O–H groups in total. The maximum Gasteiger partial charge on any atom is 0.339 e. The average Bonchev–Trinajstić information content (AvgIpc) is 0.783. The second kappa shape index (κ2) is 48.5. The maximum atomic E-state index is 13.8. The standard InChI is InChI=1S/C75H102O18/c1-7-13-19-25-26-27-33-45-87-51-39-75(81)93-69-57-63-61-55-67(91-73(79)37-49-85-43-31-23-17-11-5)65(89-71(77)35-47-83-41-29-21-15-9-3)53-59(61)58-52-64(88-70(76)34-46-82-40-28-20-14-8-2)66(90-72(78)36-48-84-42-30-22-16-10-4)54-60(58)62(63)56-68(69)92-74(80)38-50-86-44-32-24-18-12-6/h34-39,46-57H,7-33,40-45H2,1-6H3/b46-34+,47-35+,48-36+,49-37+,50-38+,51-39+. The molecule has 0 amide bonds. The summed E-state index contributed by atoms with van der Waals surface area (Å²) in [6.07, 6.45) is 40.6. The largest absolute Gasteiger partial charge is 0.501 e. The molecule has 18 heteroatoms. The zero-order valence-corrected chi connectivity index (χ0v) is 56.1. The average molecular weight is 1290 g/mol. The van der Waals surface area contributed by atoms with E-state index in [1.54, 1.807) is 0 Å². The highest BCUT2D eigenvalue weighted by molar-refractivity contribution is 6.27. The van der Waals surface area contributed by atoms with E-state index in [1.165, 1.54) is 86.8 Å². The van der Waals surface area contributed by atoms with Crippen molar-refractivity contribution in [3.63, 3.8) is 0 Å². The van der Waals surface area contributed by atoms with Gasteiger partial charge in [-0.3, -0.25) is 0 Å². The molecule has 0 atom stereocenters. The topological polar surface area (TPSA) is 213 Å². The van der Waals surface area contributed by atoms with Crippen molar-refractivity contribution >= 4 is 68.1 Å². The van der Waals surface area contributed by atoms with E-state index in [0.717, 1.165) is 197 Å². The summed E-state index contributed by atoms with van der Waals surface area (Å²) < 4.78 is 69.6. The Balaban J connectivity index is 2.04. The van der Waals surface area contributed by atoms with Gasteiger partial charge in [0, 0.05) is 0 Å². The molecule has 4 rings (SSSR count). The fraction of sp³-hybridized carbons (Fsp3) is 0.520. The molecule has 0 radical (unpaired) electrons. The molecule has 0 aliphatic heterocycles. The van der Waals surface area contributed by atoms with Crippen LogP contribution in [0.4, 0.5) is 0 Å². The highest BCUT2D eigenvalue weighted by Gasteiger charge is 2.24. The lowest BCUT2D eigenvalue weighted by Gasteiger charge is -2.18. The van der Waals surface area contributed by atoms with E-state index < -0.39 is 35.8 Å². The van der Waals surface area contributed by atoms with Crippen molar-refractivity contribution in [2.75, 3.05) is 39.6 Å². The highest BCUT2D eigenvalue weighted by Crippen LogP contribution is 2.47. The summed E-state index contributed by atoms with van der Waals surface area (Å²) in [4.78, 5) is 82.5. The number of fused-ring (bicyclic) bond motifs is 6. The van der Waals surface area contributed by atoms with Gasteiger partial charge < -0.3 is 56.8 Å². The van der Waals surface area contributed by atoms with E-state index >= 15 is 0 Å². The van der Waals surface area contributed by atoms with Crippen LogP contribution in [-0.2, 0) is 57.2 Å². The first-order valence-corrected chi connectivity index (χ1v) is 34.0. The number of ether oxygens (including phenoxy) is 12. The predicted molar refractivity (Wildman–Crippen MR) is 362 cm³/mol. The SMILES string of the molecule is CCCCCCCCCO/C=C/C(=O)Oc1cc2c3cc(OC(=O)/C=C/OCCCCCC)c(OC(=O)/C=C/OCCCCCC)cc3c3cc(OC(=O)/C=C/OCCCCCC)c(OC(=O)/C=C/OCCCCCC)cc3c2cc1OC(=O)/C=C/OCCCCCC. The Kier molecular flexibility index (Phi) is 40.2. The van der Waals surface area contributed by atoms with Crippen LogP contribution in [0.1, 0.15) is 215 Å². The highest BCUT2D eigenvalue weighted by atomic mass is 16.6. The van der Waals surface area contributed by atoms with Gasteiger partial charge in [0.05, 0.1) is 114 Å². The van der Waals surface area contributed by atoms with Gasteiger partial charge in [0.15, 0.2) is 34.5 Å². The van der Waals surface area contributed by atoms with Gasteiger partial charge in [-0.1, -0.05) is 176 Å². The fourth-order valence-corrected chi connectivity index (χ4v) is 9.58. The third-order valence-electron chi connectivity index (χ3n) is 14.6. The van der Waals surface area contributed by atoms with Crippen molar-refractivity contribution in [1.82, 2.24) is 0 Å². The molecule has 93 heavy (non-hydrogen) atoms. The van der Waals surface area contributed by atoms with Crippen molar-refractivity contribution in [2.45, 2.75) is 215 Å². The summed E-state index contributed by atoms with van der Waals surface area (Å²) in [5.41, 5.74) is 0. The number of carbonyl (C=O) groups excluding carboxylic acids is 6. The number of carbonyl (C=O) groups is 6. The van der Waals surface area contributed by atoms with E-state index in [2.05, 4.69) is 41.5 Å². The van der Waals surface area contributed by atoms with E-state index in [1.807, 2.05) is 0 Å². The van der Waals surface area contributed by atoms with Crippen LogP contribution in [0.15, 0.2) is 110 Å². The van der Waals surface area contributed by atoms with Crippen LogP contribution < -0.4 is 28.4 Å². The van der Waals surface area contributed by atoms with Gasteiger partial charge in [0.25, 0.3) is 0 Å². The van der Waals surface area contributed by atoms with Crippen LogP contribution in [0.5, 0.6) is 34.5 Å². The molecule has 0 heterocycles. The number of hydrogen-bond donors (Lipinski definition) is 0. The number of benzene rings is 4. The zero-order chi connectivity index (χ0) is 66.9. The minimum absolute atomic E-state index is 0.226. The monoisotopic (exact) mass is 1290 g/mol. The molecule has 0 fully saturated rings. The van der Waals surface area contributed by atoms with Gasteiger partial charge in [0.1, 0.15) is 0 Å². The van der Waals surface area contributed by atoms with Gasteiger partial charge in [-0.05, 0) is 107 Å². The maximum absolute atomic E-state index is 13.8. The van der Waals surface area contributed by atoms with E-state index in [-0.39, 0.29) is 34.5 Å². The summed E-state index contributed by atoms with van der Waals surface area (Å²) in [6.45, 7) is 14.9. The van der Waals surface area contributed by atoms with Crippen LogP contribution >= 0.6 is 0 Å². The van der Waals surface area contributed by atoms with Gasteiger partial charge in [-0.15, -0.1) is 0 Å². The quantitative estimate of drug-likeness (QED) is 0.0100. The summed E-state index contributed by atoms with van der Waals surface area (Å²) in [7, 11) is 0. The van der Waals surface area contributed by atoms with Crippen LogP contribution in [0.2, 0.25) is 0 Å². The molecule has 0 aliphatic rings. The number of esters is 6. The minimum Gasteiger partial charge on any atom is -0.501 e. The van der Waals surface area contributed by atoms with Crippen LogP contribution in [0.25, 0.3) is 32.3 Å². The summed E-state index contributed by atoms with van der Waals surface area (Å²) in [5.74, 6) is -6.64. The third kappa shape index (κ3) is 31.7. The first-order chi connectivity index (χ1) is 45.5. The molecule has 0 saturated heterocycles. The molecule has 0 aliphatic carbocycles. The van der Waals surface area contributed by atoms with E-state index in [9.17, 15) is 28.8 Å². The van der Waals surface area contributed by atoms with Crippen LogP contribution in [-0.4, -0.2) is 75.5 Å². The third-order valence-corrected chi connectivity index (χ3v) is 14.6. The number of rotatable bonds is 51. The predicted octanol–water partition coefficient (Wildman–Crippen LogP) is 18.4. The smallest absolute Gasteiger partial charge is 0.339 e. The van der Waals surface area contributed by atoms with Crippen molar-refractivity contribution < 1.29 is 85.6 Å². The summed E-state index contributed by atoms with van der Waals surface area (Å²) in [5, 5.41) is 1.75. The Bertz CT molecular complexity index is 3000. The Morgan fingerprint density at radius 1 is 0.226 bits per heavy atom. The van der Waals surface area contributed by atoms with Crippen LogP contribution in [0.3, 0.4) is 0 Å². The minimum atomic E-state index is -0.881. The number of unbranched alkanes of at least 4 members (excludes halogenated alkanes) is 21. The molecular formula is C75H102O18. The molecular weight excluding hydrogens is 1190 g/mol. The molecule has 0 saturated carbocycles. The zero-order valence-electron chi connectivity index (χ0n) is 56.1. The lowest BCUT2D eigenvalue weighted by Crippen LogP contribution is -2.11. The normalized spacial score (nSPS) is 11.7. The van der Waals surface area contributed by atoms with E-state index in [0.29, 0.717) is 72.0 Å². The van der Waals surface area contributed by atoms with Gasteiger partial charge in [-0.2, -0.15) is 0 Å². The van der Waals surface area contributed by atoms with Crippen molar-refractivity contribution in [1.29, 1.82) is 0 Å². The van der Waals surface area contributed by atoms with Gasteiger partial charge in [0.2, 0.25) is 0 Å². The Labute approximate surface area is 550 Å². The molecule has 510 valence electrons. The second-order valence-corrected chi connectivity index (χ2v) is 22.5. The van der Waals surface area contributed by atoms with Crippen LogP contribution in [0, 0.1) is 0 Å². The molecule has 4 aromatic carbocycles. The van der Waals surface area contributed by atoms with Gasteiger partial charge >= 0.3 is 35.8 Å². The first-order valence-electron chi connectivity index (χ1n) is 34.0. The van der Waals surface area contributed by atoms with E-state index in [4.69, 9.17) is 56.8 Å². The molecule has 0 spiro atoms. The molecule has 4 aromatic rings. The van der Waals surface area contributed by atoms with Crippen molar-refractivity contribution in [2.24, 2.45) is 0 Å². The fourth-order valence-electron chi connectivity index (χ4n) is 9.58. The Morgan fingerprint density at radius 2 is 0.366 bits per heavy atom. The molecule has 18 nitrogen and oxygen atoms in total. The number of hydrogen-bond acceptors (Lipinski definition) is 18. The Morgan fingerprint density at radius 3 is 0.527 bits per heavy atom. The molecule has 0 unspecified atom stereocenters. The summed E-state index contributed by atoms with van der Waals surface area (Å²) >= 11 is 0. The lowest BCUT2D eigenvalue weighted by molar-refractivity contribution is -0.131. The molecule has 0 bridgehead atoms. The van der Waals surface area contributed by atoms with Gasteiger partial charge in [-0.25, -0.2) is 28.8 Å². The first kappa shape index (κ1) is 77.2. The van der Waals surface area contributed by atoms with Crippen molar-refractivity contribution in [3.8, 4) is 34.5 Å². The van der Waals surface area contributed by atoms with Crippen molar-refractivity contribution in [3.05, 3.63) is 110 Å². The Hall–Kier alpha value is -8.28. The molecule has 0 aromatic heterocycles. The summed E-state index contributed by atoms with van der Waals surface area (Å²) in [6, 6.07) is 8.71.